The van der Waals surface area contributed by atoms with Gasteiger partial charge in [-0.05, 0) is 43.9 Å². The van der Waals surface area contributed by atoms with Gasteiger partial charge in [-0.15, -0.1) is 0 Å². The molecule has 3 heteroatoms. The minimum atomic E-state index is 0.374. The molecule has 1 aromatic carbocycles. The number of nitrogens with two attached hydrogens (primary N) is 1. The maximum atomic E-state index is 6.07. The maximum absolute atomic E-state index is 6.07. The number of piperazine rings is 1. The van der Waals surface area contributed by atoms with E-state index >= 15 is 0 Å². The quantitative estimate of drug-likeness (QED) is 0.913. The van der Waals surface area contributed by atoms with Gasteiger partial charge < -0.3 is 10.6 Å². The van der Waals surface area contributed by atoms with Crippen molar-refractivity contribution in [1.29, 1.82) is 0 Å². The number of nitrogens with zero attached hydrogens (tertiary/aromatic N) is 2. The fraction of sp³-hybridized carbons (Fsp3) is 0.647. The van der Waals surface area contributed by atoms with Gasteiger partial charge in [-0.2, -0.15) is 0 Å². The van der Waals surface area contributed by atoms with E-state index in [0.717, 1.165) is 25.6 Å². The van der Waals surface area contributed by atoms with Crippen LogP contribution >= 0.6 is 0 Å². The van der Waals surface area contributed by atoms with Crippen LogP contribution < -0.4 is 5.73 Å². The molecule has 1 aliphatic carbocycles. The van der Waals surface area contributed by atoms with Crippen LogP contribution in [0.15, 0.2) is 24.3 Å². The summed E-state index contributed by atoms with van der Waals surface area (Å²) in [6, 6.07) is 10.2. The van der Waals surface area contributed by atoms with Crippen LogP contribution in [0.4, 0.5) is 0 Å². The van der Waals surface area contributed by atoms with Gasteiger partial charge >= 0.3 is 0 Å². The van der Waals surface area contributed by atoms with E-state index in [4.69, 9.17) is 5.73 Å². The molecule has 2 fully saturated rings. The van der Waals surface area contributed by atoms with E-state index < -0.39 is 0 Å². The third kappa shape index (κ3) is 2.90. The van der Waals surface area contributed by atoms with E-state index in [2.05, 4.69) is 48.0 Å². The Morgan fingerprint density at radius 3 is 2.45 bits per heavy atom. The molecule has 0 radical (unpaired) electrons. The lowest BCUT2D eigenvalue weighted by Crippen LogP contribution is -2.52. The first kappa shape index (κ1) is 14.1. The van der Waals surface area contributed by atoms with E-state index in [0.29, 0.717) is 18.6 Å². The van der Waals surface area contributed by atoms with Crippen LogP contribution in [0.3, 0.4) is 0 Å². The molecule has 2 atom stereocenters. The summed E-state index contributed by atoms with van der Waals surface area (Å²) in [5.74, 6) is 0.837. The molecule has 0 bridgehead atoms. The summed E-state index contributed by atoms with van der Waals surface area (Å²) in [6.07, 6.45) is 2.74. The lowest BCUT2D eigenvalue weighted by atomic mass is 10.0. The Kier molecular flexibility index (Phi) is 4.11. The molecule has 0 aromatic heterocycles. The first-order valence-corrected chi connectivity index (χ1v) is 7.93. The molecule has 2 N–H and O–H groups in total. The molecule has 1 heterocycles. The van der Waals surface area contributed by atoms with Crippen LogP contribution in [-0.4, -0.2) is 49.1 Å². The second kappa shape index (κ2) is 5.84. The summed E-state index contributed by atoms with van der Waals surface area (Å²) in [5, 5.41) is 0. The normalized spacial score (nSPS) is 26.6. The zero-order chi connectivity index (χ0) is 14.1. The summed E-state index contributed by atoms with van der Waals surface area (Å²) in [7, 11) is 2.21. The fourth-order valence-corrected chi connectivity index (χ4v) is 3.26. The Morgan fingerprint density at radius 2 is 1.90 bits per heavy atom. The number of rotatable bonds is 4. The lowest BCUT2D eigenvalue weighted by Gasteiger charge is -2.41. The highest BCUT2D eigenvalue weighted by Crippen LogP contribution is 2.40. The zero-order valence-electron chi connectivity index (χ0n) is 12.8. The molecule has 2 aliphatic rings. The predicted molar refractivity (Wildman–Crippen MR) is 83.9 cm³/mol. The van der Waals surface area contributed by atoms with Crippen LogP contribution in [0, 0.1) is 0 Å². The summed E-state index contributed by atoms with van der Waals surface area (Å²) in [6.45, 7) is 6.38. The Morgan fingerprint density at radius 1 is 1.20 bits per heavy atom. The molecule has 20 heavy (non-hydrogen) atoms. The topological polar surface area (TPSA) is 32.5 Å². The molecular weight excluding hydrogens is 246 g/mol. The van der Waals surface area contributed by atoms with Crippen molar-refractivity contribution in [3.05, 3.63) is 35.4 Å². The first-order chi connectivity index (χ1) is 9.69. The first-order valence-electron chi connectivity index (χ1n) is 7.93. The van der Waals surface area contributed by atoms with E-state index in [1.165, 1.54) is 24.0 Å². The standard InChI is InChI=1S/C17H27N3/c1-13-12-20(10-9-19(13)2)17(11-18)16-7-5-15(6-8-16)14-3-4-14/h5-8,13-14,17H,3-4,9-12,18H2,1-2H3. The average Bonchev–Trinajstić information content (AvgIpc) is 3.29. The minimum absolute atomic E-state index is 0.374. The molecule has 2 unspecified atom stereocenters. The van der Waals surface area contributed by atoms with Crippen molar-refractivity contribution >= 4 is 0 Å². The van der Waals surface area contributed by atoms with Crippen molar-refractivity contribution in [3.63, 3.8) is 0 Å². The summed E-state index contributed by atoms with van der Waals surface area (Å²) < 4.78 is 0. The zero-order valence-corrected chi connectivity index (χ0v) is 12.8. The van der Waals surface area contributed by atoms with Crippen molar-refractivity contribution in [2.24, 2.45) is 5.73 Å². The van der Waals surface area contributed by atoms with E-state index in [1.54, 1.807) is 0 Å². The lowest BCUT2D eigenvalue weighted by molar-refractivity contribution is 0.0741. The Bertz CT molecular complexity index is 438. The third-order valence-corrected chi connectivity index (χ3v) is 5.03. The van der Waals surface area contributed by atoms with Crippen LogP contribution in [0.2, 0.25) is 0 Å². The van der Waals surface area contributed by atoms with Gasteiger partial charge in [0.1, 0.15) is 0 Å². The van der Waals surface area contributed by atoms with Crippen LogP contribution in [0.5, 0.6) is 0 Å². The summed E-state index contributed by atoms with van der Waals surface area (Å²) in [4.78, 5) is 4.98. The van der Waals surface area contributed by atoms with Crippen molar-refractivity contribution < 1.29 is 0 Å². The second-order valence-electron chi connectivity index (χ2n) is 6.52. The van der Waals surface area contributed by atoms with Gasteiger partial charge in [0.15, 0.2) is 0 Å². The Labute approximate surface area is 122 Å². The van der Waals surface area contributed by atoms with Crippen molar-refractivity contribution in [2.75, 3.05) is 33.2 Å². The van der Waals surface area contributed by atoms with E-state index in [1.807, 2.05) is 0 Å². The third-order valence-electron chi connectivity index (χ3n) is 5.03. The number of benzene rings is 1. The Balaban J connectivity index is 1.71. The highest BCUT2D eigenvalue weighted by Gasteiger charge is 2.27. The maximum Gasteiger partial charge on any atom is 0.0471 e. The van der Waals surface area contributed by atoms with Crippen LogP contribution in [-0.2, 0) is 0 Å². The largest absolute Gasteiger partial charge is 0.329 e. The average molecular weight is 273 g/mol. The Hall–Kier alpha value is -0.900. The highest BCUT2D eigenvalue weighted by atomic mass is 15.3. The van der Waals surface area contributed by atoms with Crippen LogP contribution in [0.1, 0.15) is 42.9 Å². The highest BCUT2D eigenvalue weighted by molar-refractivity contribution is 5.30. The monoisotopic (exact) mass is 273 g/mol. The molecule has 1 saturated heterocycles. The molecular formula is C17H27N3. The van der Waals surface area contributed by atoms with Gasteiger partial charge in [0.2, 0.25) is 0 Å². The second-order valence-corrected chi connectivity index (χ2v) is 6.52. The van der Waals surface area contributed by atoms with Crippen LogP contribution in [0.25, 0.3) is 0 Å². The molecule has 0 spiro atoms. The van der Waals surface area contributed by atoms with Gasteiger partial charge in [-0.25, -0.2) is 0 Å². The minimum Gasteiger partial charge on any atom is -0.329 e. The summed E-state index contributed by atoms with van der Waals surface area (Å²) >= 11 is 0. The van der Waals surface area contributed by atoms with Gasteiger partial charge in [-0.3, -0.25) is 4.90 Å². The molecule has 1 saturated carbocycles. The van der Waals surface area contributed by atoms with Crippen molar-refractivity contribution in [3.8, 4) is 0 Å². The number of hydrogen-bond donors (Lipinski definition) is 1. The predicted octanol–water partition coefficient (Wildman–Crippen LogP) is 2.20. The SMILES string of the molecule is CC1CN(C(CN)c2ccc(C3CC3)cc2)CCN1C. The van der Waals surface area contributed by atoms with Gasteiger partial charge in [0.05, 0.1) is 0 Å². The molecule has 3 rings (SSSR count). The molecule has 0 amide bonds. The molecule has 110 valence electrons. The van der Waals surface area contributed by atoms with E-state index in [9.17, 15) is 0 Å². The van der Waals surface area contributed by atoms with Gasteiger partial charge in [0, 0.05) is 38.3 Å². The number of likely N-dealkylation sites (N-methyl/N-ethyl adjacent to an activating group) is 1. The number of hydrogen-bond acceptors (Lipinski definition) is 3. The van der Waals surface area contributed by atoms with Gasteiger partial charge in [-0.1, -0.05) is 24.3 Å². The van der Waals surface area contributed by atoms with E-state index in [-0.39, 0.29) is 0 Å². The van der Waals surface area contributed by atoms with Crippen molar-refractivity contribution in [1.82, 2.24) is 9.80 Å². The van der Waals surface area contributed by atoms with Gasteiger partial charge in [0.25, 0.3) is 0 Å². The molecule has 1 aromatic rings. The van der Waals surface area contributed by atoms with Crippen molar-refractivity contribution in [2.45, 2.75) is 37.8 Å². The molecule has 3 nitrogen and oxygen atoms in total. The molecule has 1 aliphatic heterocycles. The fourth-order valence-electron chi connectivity index (χ4n) is 3.26. The summed E-state index contributed by atoms with van der Waals surface area (Å²) in [5.41, 5.74) is 8.96. The smallest absolute Gasteiger partial charge is 0.0471 e.